The first-order valence-corrected chi connectivity index (χ1v) is 9.39. The second-order valence-corrected chi connectivity index (χ2v) is 6.39. The molecule has 0 spiro atoms. The van der Waals surface area contributed by atoms with Gasteiger partial charge in [-0.1, -0.05) is 60.2 Å². The van der Waals surface area contributed by atoms with Crippen LogP contribution in [0.4, 0.5) is 0 Å². The van der Waals surface area contributed by atoms with Gasteiger partial charge in [0.25, 0.3) is 0 Å². The van der Waals surface area contributed by atoms with Gasteiger partial charge in [0, 0.05) is 26.7 Å². The van der Waals surface area contributed by atoms with Gasteiger partial charge in [0.2, 0.25) is 0 Å². The molecule has 0 aliphatic carbocycles. The fourth-order valence-corrected chi connectivity index (χ4v) is 2.59. The molecule has 0 aliphatic rings. The van der Waals surface area contributed by atoms with Crippen LogP contribution in [0.1, 0.15) is 29.5 Å². The Morgan fingerprint density at radius 2 is 1.65 bits per heavy atom. The molecule has 2 N–H and O–H groups in total. The Morgan fingerprint density at radius 3 is 2.38 bits per heavy atom. The highest BCUT2D eigenvalue weighted by atomic mass is 16.5. The summed E-state index contributed by atoms with van der Waals surface area (Å²) in [6.45, 7) is 5.38. The first-order valence-electron chi connectivity index (χ1n) is 9.39. The van der Waals surface area contributed by atoms with Crippen molar-refractivity contribution in [1.82, 2.24) is 10.6 Å². The van der Waals surface area contributed by atoms with Gasteiger partial charge in [-0.15, -0.1) is 0 Å². The summed E-state index contributed by atoms with van der Waals surface area (Å²) in [5.41, 5.74) is 3.87. The van der Waals surface area contributed by atoms with E-state index in [9.17, 15) is 0 Å². The Balaban J connectivity index is 1.49. The van der Waals surface area contributed by atoms with Crippen molar-refractivity contribution in [3.63, 3.8) is 0 Å². The molecule has 4 heteroatoms. The summed E-state index contributed by atoms with van der Waals surface area (Å²) < 4.78 is 5.71. The molecule has 2 rings (SSSR count). The van der Waals surface area contributed by atoms with Crippen molar-refractivity contribution in [2.75, 3.05) is 26.8 Å². The maximum absolute atomic E-state index is 5.71. The van der Waals surface area contributed by atoms with Gasteiger partial charge in [0.15, 0.2) is 5.96 Å². The molecule has 0 unspecified atom stereocenters. The highest BCUT2D eigenvalue weighted by Gasteiger charge is 1.98. The summed E-state index contributed by atoms with van der Waals surface area (Å²) in [6, 6.07) is 19.0. The van der Waals surface area contributed by atoms with Crippen molar-refractivity contribution < 1.29 is 4.74 Å². The number of nitrogens with one attached hydrogen (secondary N) is 2. The molecule has 26 heavy (non-hydrogen) atoms. The van der Waals surface area contributed by atoms with E-state index in [0.29, 0.717) is 0 Å². The van der Waals surface area contributed by atoms with E-state index < -0.39 is 0 Å². The lowest BCUT2D eigenvalue weighted by Gasteiger charge is -2.12. The van der Waals surface area contributed by atoms with E-state index in [1.54, 1.807) is 7.05 Å². The first-order chi connectivity index (χ1) is 12.8. The zero-order chi connectivity index (χ0) is 18.5. The van der Waals surface area contributed by atoms with Crippen LogP contribution in [-0.2, 0) is 17.7 Å². The zero-order valence-electron chi connectivity index (χ0n) is 16.0. The van der Waals surface area contributed by atoms with Gasteiger partial charge in [-0.2, -0.15) is 0 Å². The zero-order valence-corrected chi connectivity index (χ0v) is 16.0. The Bertz CT molecular complexity index is 638. The van der Waals surface area contributed by atoms with Gasteiger partial charge in [0.05, 0.1) is 6.61 Å². The Kier molecular flexibility index (Phi) is 9.30. The van der Waals surface area contributed by atoms with E-state index in [2.05, 4.69) is 71.1 Å². The minimum absolute atomic E-state index is 0.780. The van der Waals surface area contributed by atoms with E-state index in [1.165, 1.54) is 16.7 Å². The van der Waals surface area contributed by atoms with Crippen LogP contribution in [-0.4, -0.2) is 32.8 Å². The summed E-state index contributed by atoms with van der Waals surface area (Å²) in [7, 11) is 1.80. The summed E-state index contributed by atoms with van der Waals surface area (Å²) in [5.74, 6) is 0.843. The Hall–Kier alpha value is -2.33. The third-order valence-electron chi connectivity index (χ3n) is 4.19. The molecule has 0 fully saturated rings. The number of unbranched alkanes of at least 4 members (excludes halogenated alkanes) is 1. The molecule has 0 saturated carbocycles. The quantitative estimate of drug-likeness (QED) is 0.389. The summed E-state index contributed by atoms with van der Waals surface area (Å²) in [4.78, 5) is 4.26. The van der Waals surface area contributed by atoms with Crippen molar-refractivity contribution in [3.05, 3.63) is 71.3 Å². The molecule has 0 amide bonds. The number of benzene rings is 2. The summed E-state index contributed by atoms with van der Waals surface area (Å²) in [5, 5.41) is 6.69. The lowest BCUT2D eigenvalue weighted by molar-refractivity contribution is 0.133. The van der Waals surface area contributed by atoms with Crippen molar-refractivity contribution >= 4 is 5.96 Å². The number of aryl methyl sites for hydroxylation is 1. The highest BCUT2D eigenvalue weighted by molar-refractivity contribution is 5.79. The van der Waals surface area contributed by atoms with Gasteiger partial charge in [-0.05, 0) is 37.3 Å². The topological polar surface area (TPSA) is 45.7 Å². The van der Waals surface area contributed by atoms with Crippen LogP contribution >= 0.6 is 0 Å². The molecular formula is C22H31N3O. The van der Waals surface area contributed by atoms with E-state index >= 15 is 0 Å². The fourth-order valence-electron chi connectivity index (χ4n) is 2.59. The molecule has 2 aromatic carbocycles. The number of hydrogen-bond acceptors (Lipinski definition) is 2. The molecule has 2 aromatic rings. The minimum Gasteiger partial charge on any atom is -0.381 e. The van der Waals surface area contributed by atoms with Crippen molar-refractivity contribution in [2.24, 2.45) is 4.99 Å². The van der Waals surface area contributed by atoms with Crippen LogP contribution in [0.2, 0.25) is 0 Å². The van der Waals surface area contributed by atoms with E-state index in [4.69, 9.17) is 4.74 Å². The van der Waals surface area contributed by atoms with Crippen molar-refractivity contribution in [1.29, 1.82) is 0 Å². The van der Waals surface area contributed by atoms with Gasteiger partial charge in [-0.3, -0.25) is 4.99 Å². The summed E-state index contributed by atoms with van der Waals surface area (Å²) in [6.07, 6.45) is 3.10. The number of guanidine groups is 1. The highest BCUT2D eigenvalue weighted by Crippen LogP contribution is 2.02. The number of aliphatic imine (C=N–C) groups is 1. The normalized spacial score (nSPS) is 11.4. The molecule has 0 atom stereocenters. The van der Waals surface area contributed by atoms with Crippen LogP contribution in [0.5, 0.6) is 0 Å². The summed E-state index contributed by atoms with van der Waals surface area (Å²) >= 11 is 0. The third-order valence-corrected chi connectivity index (χ3v) is 4.19. The van der Waals surface area contributed by atoms with Crippen LogP contribution in [0, 0.1) is 6.92 Å². The first kappa shape index (κ1) is 20.0. The van der Waals surface area contributed by atoms with Crippen LogP contribution < -0.4 is 10.6 Å². The van der Waals surface area contributed by atoms with Crippen LogP contribution in [0.3, 0.4) is 0 Å². The Labute approximate surface area is 157 Å². The van der Waals surface area contributed by atoms with Crippen LogP contribution in [0.15, 0.2) is 59.6 Å². The van der Waals surface area contributed by atoms with Crippen molar-refractivity contribution in [2.45, 2.75) is 32.7 Å². The lowest BCUT2D eigenvalue weighted by atomic mass is 10.1. The molecule has 0 bridgehead atoms. The number of hydrogen-bond donors (Lipinski definition) is 2. The maximum atomic E-state index is 5.71. The Morgan fingerprint density at radius 1 is 0.885 bits per heavy atom. The van der Waals surface area contributed by atoms with Gasteiger partial charge >= 0.3 is 0 Å². The predicted molar refractivity (Wildman–Crippen MR) is 110 cm³/mol. The van der Waals surface area contributed by atoms with Gasteiger partial charge < -0.3 is 15.4 Å². The largest absolute Gasteiger partial charge is 0.381 e. The minimum atomic E-state index is 0.780. The van der Waals surface area contributed by atoms with Gasteiger partial charge in [-0.25, -0.2) is 0 Å². The molecule has 0 saturated heterocycles. The maximum Gasteiger partial charge on any atom is 0.191 e. The number of ether oxygens (including phenoxy) is 1. The second-order valence-electron chi connectivity index (χ2n) is 6.39. The molecular weight excluding hydrogens is 322 g/mol. The van der Waals surface area contributed by atoms with Gasteiger partial charge in [0.1, 0.15) is 0 Å². The van der Waals surface area contributed by atoms with E-state index in [0.717, 1.165) is 51.5 Å². The number of rotatable bonds is 10. The molecule has 0 aliphatic heterocycles. The number of nitrogens with zero attached hydrogens (tertiary/aromatic N) is 1. The van der Waals surface area contributed by atoms with Crippen molar-refractivity contribution in [3.8, 4) is 0 Å². The average Bonchev–Trinajstić information content (AvgIpc) is 2.68. The van der Waals surface area contributed by atoms with E-state index in [1.807, 2.05) is 6.07 Å². The second kappa shape index (κ2) is 12.1. The fraction of sp³-hybridized carbons (Fsp3) is 0.409. The molecule has 140 valence electrons. The van der Waals surface area contributed by atoms with E-state index in [-0.39, 0.29) is 0 Å². The van der Waals surface area contributed by atoms with Crippen LogP contribution in [0.25, 0.3) is 0 Å². The molecule has 0 aromatic heterocycles. The molecule has 4 nitrogen and oxygen atoms in total. The monoisotopic (exact) mass is 353 g/mol. The smallest absolute Gasteiger partial charge is 0.191 e. The standard InChI is InChI=1S/C22H31N3O/c1-19-10-12-21(13-11-19)18-25-22(23-2)24-15-6-7-16-26-17-14-20-8-4-3-5-9-20/h3-5,8-13H,6-7,14-18H2,1-2H3,(H2,23,24,25). The molecule has 0 radical (unpaired) electrons. The SMILES string of the molecule is CN=C(NCCCCOCCc1ccccc1)NCc1ccc(C)cc1. The lowest BCUT2D eigenvalue weighted by Crippen LogP contribution is -2.37. The molecule has 0 heterocycles. The predicted octanol–water partition coefficient (Wildman–Crippen LogP) is 3.70. The third kappa shape index (κ3) is 8.17. The average molecular weight is 354 g/mol.